The summed E-state index contributed by atoms with van der Waals surface area (Å²) >= 11 is 1.97. The van der Waals surface area contributed by atoms with Gasteiger partial charge in [-0.3, -0.25) is 9.53 Å². The summed E-state index contributed by atoms with van der Waals surface area (Å²) in [5.74, 6) is 0.495. The van der Waals surface area contributed by atoms with E-state index in [9.17, 15) is 9.00 Å². The molecule has 2 N–H and O–H groups in total. The number of halogens is 1. The van der Waals surface area contributed by atoms with Gasteiger partial charge in [0, 0.05) is 9.32 Å². The maximum atomic E-state index is 11.4. The van der Waals surface area contributed by atoms with Gasteiger partial charge >= 0.3 is 6.09 Å². The minimum Gasteiger partial charge on any atom is -0.465 e. The van der Waals surface area contributed by atoms with Crippen molar-refractivity contribution in [1.29, 1.82) is 0 Å². The largest absolute Gasteiger partial charge is 0.465 e. The summed E-state index contributed by atoms with van der Waals surface area (Å²) in [4.78, 5) is 14.3. The number of anilines is 1. The molecule has 0 saturated heterocycles. The van der Waals surface area contributed by atoms with Crippen LogP contribution in [-0.2, 0) is 10.8 Å². The Morgan fingerprint density at radius 3 is 2.87 bits per heavy atom. The van der Waals surface area contributed by atoms with E-state index >= 15 is 0 Å². The topological polar surface area (TPSA) is 79.3 Å². The monoisotopic (exact) mass is 340 g/mol. The fourth-order valence-corrected chi connectivity index (χ4v) is 2.39. The SMILES string of the molecule is CCS(=O)c1cc(I)c(NC(=O)O)cn1. The fraction of sp³-hybridized carbons (Fsp3) is 0.250. The maximum Gasteiger partial charge on any atom is 0.409 e. The van der Waals surface area contributed by atoms with E-state index in [1.807, 2.05) is 22.6 Å². The number of amides is 1. The van der Waals surface area contributed by atoms with Crippen LogP contribution in [-0.4, -0.2) is 26.1 Å². The van der Waals surface area contributed by atoms with E-state index in [1.54, 1.807) is 13.0 Å². The normalized spacial score (nSPS) is 12.1. The molecule has 1 amide bonds. The van der Waals surface area contributed by atoms with Crippen LogP contribution in [0.25, 0.3) is 0 Å². The van der Waals surface area contributed by atoms with Crippen molar-refractivity contribution in [3.63, 3.8) is 0 Å². The van der Waals surface area contributed by atoms with Crippen LogP contribution in [0, 0.1) is 3.57 Å². The van der Waals surface area contributed by atoms with Crippen molar-refractivity contribution >= 4 is 45.2 Å². The predicted molar refractivity (Wildman–Crippen MR) is 65.6 cm³/mol. The minimum atomic E-state index is -1.14. The molecule has 0 aliphatic rings. The van der Waals surface area contributed by atoms with Gasteiger partial charge in [-0.2, -0.15) is 0 Å². The predicted octanol–water partition coefficient (Wildman–Crippen LogP) is 1.90. The number of hydrogen-bond acceptors (Lipinski definition) is 3. The average Bonchev–Trinajstić information content (AvgIpc) is 2.19. The van der Waals surface area contributed by atoms with Crippen LogP contribution in [0.3, 0.4) is 0 Å². The molecule has 0 bridgehead atoms. The van der Waals surface area contributed by atoms with Crippen molar-refractivity contribution in [3.8, 4) is 0 Å². The van der Waals surface area contributed by atoms with Gasteiger partial charge in [0.2, 0.25) is 0 Å². The van der Waals surface area contributed by atoms with Gasteiger partial charge in [-0.25, -0.2) is 9.78 Å². The molecule has 0 aliphatic heterocycles. The van der Waals surface area contributed by atoms with E-state index in [1.165, 1.54) is 6.20 Å². The van der Waals surface area contributed by atoms with E-state index in [-0.39, 0.29) is 0 Å². The molecule has 5 nitrogen and oxygen atoms in total. The van der Waals surface area contributed by atoms with Crippen molar-refractivity contribution in [2.24, 2.45) is 0 Å². The third-order valence-electron chi connectivity index (χ3n) is 1.57. The van der Waals surface area contributed by atoms with E-state index in [0.29, 0.717) is 20.0 Å². The molecule has 7 heteroatoms. The molecule has 1 atom stereocenters. The van der Waals surface area contributed by atoms with Gasteiger partial charge in [0.15, 0.2) is 0 Å². The van der Waals surface area contributed by atoms with Crippen LogP contribution in [0.2, 0.25) is 0 Å². The van der Waals surface area contributed by atoms with Crippen molar-refractivity contribution in [2.45, 2.75) is 11.9 Å². The third-order valence-corrected chi connectivity index (χ3v) is 3.67. The highest BCUT2D eigenvalue weighted by atomic mass is 127. The molecule has 1 rings (SSSR count). The number of pyridine rings is 1. The highest BCUT2D eigenvalue weighted by Crippen LogP contribution is 2.19. The zero-order chi connectivity index (χ0) is 11.4. The second kappa shape index (κ2) is 5.40. The smallest absolute Gasteiger partial charge is 0.409 e. The number of rotatable bonds is 3. The van der Waals surface area contributed by atoms with Crippen LogP contribution in [0.15, 0.2) is 17.3 Å². The maximum absolute atomic E-state index is 11.4. The van der Waals surface area contributed by atoms with Crippen molar-refractivity contribution in [1.82, 2.24) is 4.98 Å². The molecule has 82 valence electrons. The zero-order valence-electron chi connectivity index (χ0n) is 7.86. The Kier molecular flexibility index (Phi) is 4.45. The molecule has 0 fully saturated rings. The molecule has 0 spiro atoms. The average molecular weight is 340 g/mol. The van der Waals surface area contributed by atoms with Gasteiger partial charge in [-0.1, -0.05) is 6.92 Å². The first-order valence-electron chi connectivity index (χ1n) is 4.08. The molecular formula is C8H9IN2O3S. The van der Waals surface area contributed by atoms with Gasteiger partial charge in [0.1, 0.15) is 5.03 Å². The molecule has 0 aliphatic carbocycles. The van der Waals surface area contributed by atoms with Crippen LogP contribution in [0.1, 0.15) is 6.92 Å². The van der Waals surface area contributed by atoms with Gasteiger partial charge < -0.3 is 5.11 Å². The zero-order valence-corrected chi connectivity index (χ0v) is 10.8. The number of hydrogen-bond donors (Lipinski definition) is 2. The summed E-state index contributed by atoms with van der Waals surface area (Å²) < 4.78 is 12.1. The molecule has 0 aromatic carbocycles. The van der Waals surface area contributed by atoms with Crippen molar-refractivity contribution in [3.05, 3.63) is 15.8 Å². The minimum absolute atomic E-state index is 0.403. The van der Waals surface area contributed by atoms with Crippen LogP contribution in [0.5, 0.6) is 0 Å². The van der Waals surface area contributed by atoms with Crippen LogP contribution < -0.4 is 5.32 Å². The van der Waals surface area contributed by atoms with Crippen LogP contribution in [0.4, 0.5) is 10.5 Å². The Morgan fingerprint density at radius 2 is 2.40 bits per heavy atom. The molecule has 1 unspecified atom stereocenters. The highest BCUT2D eigenvalue weighted by molar-refractivity contribution is 14.1. The number of carboxylic acid groups (broad SMARTS) is 1. The van der Waals surface area contributed by atoms with E-state index in [2.05, 4.69) is 10.3 Å². The fourth-order valence-electron chi connectivity index (χ4n) is 0.893. The van der Waals surface area contributed by atoms with Gasteiger partial charge in [0.05, 0.1) is 22.7 Å². The Balaban J connectivity index is 2.97. The summed E-state index contributed by atoms with van der Waals surface area (Å²) in [5.41, 5.74) is 0.403. The van der Waals surface area contributed by atoms with E-state index < -0.39 is 16.9 Å². The molecule has 1 aromatic heterocycles. The van der Waals surface area contributed by atoms with Gasteiger partial charge in [-0.05, 0) is 28.7 Å². The standard InChI is InChI=1S/C8H9IN2O3S/c1-2-15(14)7-3-5(9)6(4-10-7)11-8(12)13/h3-4,11H,2H2,1H3,(H,12,13). The summed E-state index contributed by atoms with van der Waals surface area (Å²) in [5, 5.41) is 11.2. The van der Waals surface area contributed by atoms with Gasteiger partial charge in [-0.15, -0.1) is 0 Å². The van der Waals surface area contributed by atoms with Crippen molar-refractivity contribution < 1.29 is 14.1 Å². The summed E-state index contributed by atoms with van der Waals surface area (Å²) in [6.45, 7) is 1.80. The highest BCUT2D eigenvalue weighted by Gasteiger charge is 2.08. The summed E-state index contributed by atoms with van der Waals surface area (Å²) in [7, 11) is -1.11. The van der Waals surface area contributed by atoms with Gasteiger partial charge in [0.25, 0.3) is 0 Å². The number of aromatic nitrogens is 1. The molecule has 15 heavy (non-hydrogen) atoms. The summed E-state index contributed by atoms with van der Waals surface area (Å²) in [6, 6.07) is 1.62. The molecule has 1 heterocycles. The molecule has 1 aromatic rings. The lowest BCUT2D eigenvalue weighted by molar-refractivity contribution is 0.209. The van der Waals surface area contributed by atoms with E-state index in [4.69, 9.17) is 5.11 Å². The Hall–Kier alpha value is -0.700. The summed E-state index contributed by atoms with van der Waals surface area (Å²) in [6.07, 6.45) is 0.234. The Morgan fingerprint density at radius 1 is 1.73 bits per heavy atom. The first-order chi connectivity index (χ1) is 7.04. The lowest BCUT2D eigenvalue weighted by atomic mass is 10.4. The first kappa shape index (κ1) is 12.4. The molecule has 0 saturated carbocycles. The molecular weight excluding hydrogens is 331 g/mol. The lowest BCUT2D eigenvalue weighted by Gasteiger charge is -2.05. The van der Waals surface area contributed by atoms with Crippen LogP contribution >= 0.6 is 22.6 Å². The third kappa shape index (κ3) is 3.42. The lowest BCUT2D eigenvalue weighted by Crippen LogP contribution is -2.09. The molecule has 0 radical (unpaired) electrons. The van der Waals surface area contributed by atoms with Crippen molar-refractivity contribution in [2.75, 3.05) is 11.1 Å². The second-order valence-corrected chi connectivity index (χ2v) is 5.42. The number of nitrogens with one attached hydrogen (secondary N) is 1. The Labute approximate surface area is 103 Å². The number of nitrogens with zero attached hydrogens (tertiary/aromatic N) is 1. The second-order valence-electron chi connectivity index (χ2n) is 2.57. The number of carbonyl (C=O) groups is 1. The Bertz CT molecular complexity index is 411. The quantitative estimate of drug-likeness (QED) is 0.824. The van der Waals surface area contributed by atoms with E-state index in [0.717, 1.165) is 0 Å². The first-order valence-corrected chi connectivity index (χ1v) is 6.48.